The van der Waals surface area contributed by atoms with Gasteiger partial charge in [0, 0.05) is 37.5 Å². The smallest absolute Gasteiger partial charge is 0.222 e. The Kier molecular flexibility index (Phi) is 4.06. The van der Waals surface area contributed by atoms with Gasteiger partial charge in [-0.15, -0.1) is 5.10 Å². The normalized spacial score (nSPS) is 26.1. The Bertz CT molecular complexity index is 542. The minimum atomic E-state index is 0.225. The molecule has 3 heterocycles. The van der Waals surface area contributed by atoms with Crippen LogP contribution in [0.2, 0.25) is 0 Å². The van der Waals surface area contributed by atoms with E-state index in [1.54, 1.807) is 0 Å². The number of anilines is 1. The molecule has 1 spiro atoms. The highest BCUT2D eigenvalue weighted by Crippen LogP contribution is 2.40. The molecule has 0 radical (unpaired) electrons. The summed E-state index contributed by atoms with van der Waals surface area (Å²) in [5.41, 5.74) is 1.17. The number of nitrogens with zero attached hydrogens (tertiary/aromatic N) is 4. The Morgan fingerprint density at radius 1 is 1.18 bits per heavy atom. The molecule has 1 aromatic rings. The van der Waals surface area contributed by atoms with Gasteiger partial charge in [0.15, 0.2) is 5.82 Å². The first-order valence-electron chi connectivity index (χ1n) is 8.34. The summed E-state index contributed by atoms with van der Waals surface area (Å²) in [6.07, 6.45) is 4.06. The SMILES string of the molecule is Cc1ccc(N2CCCC3(CCC(=O)N(C(C)C)C3)C2)nn1. The Labute approximate surface area is 132 Å². The van der Waals surface area contributed by atoms with Crippen LogP contribution in [-0.2, 0) is 4.79 Å². The van der Waals surface area contributed by atoms with E-state index in [1.165, 1.54) is 6.42 Å². The van der Waals surface area contributed by atoms with Crippen LogP contribution in [0.25, 0.3) is 0 Å². The van der Waals surface area contributed by atoms with Gasteiger partial charge in [-0.3, -0.25) is 4.79 Å². The molecule has 1 amide bonds. The Hall–Kier alpha value is -1.65. The van der Waals surface area contributed by atoms with Gasteiger partial charge in [-0.05, 0) is 52.2 Å². The molecule has 120 valence electrons. The van der Waals surface area contributed by atoms with Crippen molar-refractivity contribution in [3.8, 4) is 0 Å². The first-order chi connectivity index (χ1) is 10.5. The predicted molar refractivity (Wildman–Crippen MR) is 86.7 cm³/mol. The fourth-order valence-corrected chi connectivity index (χ4v) is 3.81. The van der Waals surface area contributed by atoms with Crippen molar-refractivity contribution >= 4 is 11.7 Å². The van der Waals surface area contributed by atoms with Crippen LogP contribution in [0.3, 0.4) is 0 Å². The van der Waals surface area contributed by atoms with E-state index in [0.717, 1.165) is 44.0 Å². The molecule has 1 aromatic heterocycles. The Balaban J connectivity index is 1.77. The highest BCUT2D eigenvalue weighted by Gasteiger charge is 2.42. The zero-order valence-corrected chi connectivity index (χ0v) is 13.9. The summed E-state index contributed by atoms with van der Waals surface area (Å²) < 4.78 is 0. The molecule has 0 saturated carbocycles. The molecule has 0 N–H and O–H groups in total. The van der Waals surface area contributed by atoms with Gasteiger partial charge in [0.25, 0.3) is 0 Å². The lowest BCUT2D eigenvalue weighted by molar-refractivity contribution is -0.140. The number of aromatic nitrogens is 2. The van der Waals surface area contributed by atoms with Crippen LogP contribution in [0.15, 0.2) is 12.1 Å². The van der Waals surface area contributed by atoms with Gasteiger partial charge in [0.2, 0.25) is 5.91 Å². The number of piperidine rings is 2. The number of rotatable bonds is 2. The van der Waals surface area contributed by atoms with E-state index in [-0.39, 0.29) is 5.41 Å². The van der Waals surface area contributed by atoms with E-state index < -0.39 is 0 Å². The lowest BCUT2D eigenvalue weighted by atomic mass is 9.73. The van der Waals surface area contributed by atoms with Gasteiger partial charge >= 0.3 is 0 Å². The first-order valence-corrected chi connectivity index (χ1v) is 8.34. The number of aryl methyl sites for hydroxylation is 1. The van der Waals surface area contributed by atoms with Gasteiger partial charge in [0.1, 0.15) is 0 Å². The summed E-state index contributed by atoms with van der Waals surface area (Å²) >= 11 is 0. The molecule has 1 atom stereocenters. The van der Waals surface area contributed by atoms with Crippen LogP contribution in [0.5, 0.6) is 0 Å². The van der Waals surface area contributed by atoms with Gasteiger partial charge in [0.05, 0.1) is 5.69 Å². The van der Waals surface area contributed by atoms with Crippen LogP contribution in [0.4, 0.5) is 5.82 Å². The number of hydrogen-bond donors (Lipinski definition) is 0. The second-order valence-corrected chi connectivity index (χ2v) is 7.17. The van der Waals surface area contributed by atoms with Crippen molar-refractivity contribution in [1.29, 1.82) is 0 Å². The monoisotopic (exact) mass is 302 g/mol. The molecule has 2 saturated heterocycles. The highest BCUT2D eigenvalue weighted by atomic mass is 16.2. The second kappa shape index (κ2) is 5.86. The second-order valence-electron chi connectivity index (χ2n) is 7.17. The van der Waals surface area contributed by atoms with Gasteiger partial charge < -0.3 is 9.80 Å². The molecule has 2 fully saturated rings. The Morgan fingerprint density at radius 2 is 2.00 bits per heavy atom. The van der Waals surface area contributed by atoms with E-state index in [9.17, 15) is 4.79 Å². The van der Waals surface area contributed by atoms with Crippen LogP contribution >= 0.6 is 0 Å². The number of likely N-dealkylation sites (tertiary alicyclic amines) is 1. The third-order valence-corrected chi connectivity index (χ3v) is 5.09. The first kappa shape index (κ1) is 15.3. The summed E-state index contributed by atoms with van der Waals surface area (Å²) in [6.45, 7) is 9.10. The molecule has 0 aliphatic carbocycles. The number of hydrogen-bond acceptors (Lipinski definition) is 4. The molecule has 0 bridgehead atoms. The average Bonchev–Trinajstić information content (AvgIpc) is 2.51. The summed E-state index contributed by atoms with van der Waals surface area (Å²) in [4.78, 5) is 16.6. The van der Waals surface area contributed by atoms with Crippen molar-refractivity contribution in [2.24, 2.45) is 5.41 Å². The van der Waals surface area contributed by atoms with E-state index in [0.29, 0.717) is 18.4 Å². The third kappa shape index (κ3) is 2.94. The van der Waals surface area contributed by atoms with Crippen molar-refractivity contribution < 1.29 is 4.79 Å². The quantitative estimate of drug-likeness (QED) is 0.842. The molecule has 2 aliphatic rings. The molecule has 2 aliphatic heterocycles. The van der Waals surface area contributed by atoms with Gasteiger partial charge in [-0.2, -0.15) is 5.10 Å². The zero-order valence-electron chi connectivity index (χ0n) is 13.9. The maximum absolute atomic E-state index is 12.1. The minimum absolute atomic E-state index is 0.225. The molecule has 3 rings (SSSR count). The largest absolute Gasteiger partial charge is 0.355 e. The minimum Gasteiger partial charge on any atom is -0.355 e. The molecule has 5 nitrogen and oxygen atoms in total. The van der Waals surface area contributed by atoms with Crippen LogP contribution in [0.1, 0.15) is 45.2 Å². The van der Waals surface area contributed by atoms with Gasteiger partial charge in [-0.25, -0.2) is 0 Å². The van der Waals surface area contributed by atoms with E-state index in [2.05, 4.69) is 39.9 Å². The van der Waals surface area contributed by atoms with Gasteiger partial charge in [-0.1, -0.05) is 0 Å². The fraction of sp³-hybridized carbons (Fsp3) is 0.706. The van der Waals surface area contributed by atoms with Crippen LogP contribution in [-0.4, -0.2) is 46.7 Å². The molecular formula is C17H26N4O. The van der Waals surface area contributed by atoms with Crippen molar-refractivity contribution in [3.63, 3.8) is 0 Å². The number of carbonyl (C=O) groups is 1. The molecule has 5 heteroatoms. The molecule has 1 unspecified atom stereocenters. The lowest BCUT2D eigenvalue weighted by Gasteiger charge is -2.49. The summed E-state index contributed by atoms with van der Waals surface area (Å²) in [7, 11) is 0. The number of amides is 1. The predicted octanol–water partition coefficient (Wildman–Crippen LogP) is 2.40. The maximum atomic E-state index is 12.1. The van der Waals surface area contributed by atoms with Crippen LogP contribution in [0, 0.1) is 12.3 Å². The molecule has 22 heavy (non-hydrogen) atoms. The van der Waals surface area contributed by atoms with Crippen LogP contribution < -0.4 is 4.90 Å². The van der Waals surface area contributed by atoms with E-state index in [4.69, 9.17) is 0 Å². The van der Waals surface area contributed by atoms with Crippen molar-refractivity contribution in [2.45, 2.75) is 52.5 Å². The van der Waals surface area contributed by atoms with E-state index >= 15 is 0 Å². The number of carbonyl (C=O) groups excluding carboxylic acids is 1. The standard InChI is InChI=1S/C17H26N4O/c1-13(2)21-12-17(9-7-16(21)22)8-4-10-20(11-17)15-6-5-14(3)18-19-15/h5-6,13H,4,7-12H2,1-3H3. The Morgan fingerprint density at radius 3 is 2.68 bits per heavy atom. The molecular weight excluding hydrogens is 276 g/mol. The average molecular weight is 302 g/mol. The van der Waals surface area contributed by atoms with Crippen molar-refractivity contribution in [3.05, 3.63) is 17.8 Å². The summed E-state index contributed by atoms with van der Waals surface area (Å²) in [5, 5.41) is 8.53. The fourth-order valence-electron chi connectivity index (χ4n) is 3.81. The topological polar surface area (TPSA) is 49.3 Å². The summed E-state index contributed by atoms with van der Waals surface area (Å²) in [5.74, 6) is 1.28. The van der Waals surface area contributed by atoms with Crippen molar-refractivity contribution in [1.82, 2.24) is 15.1 Å². The highest BCUT2D eigenvalue weighted by molar-refractivity contribution is 5.77. The third-order valence-electron chi connectivity index (χ3n) is 5.09. The maximum Gasteiger partial charge on any atom is 0.222 e. The molecule has 0 aromatic carbocycles. The van der Waals surface area contributed by atoms with E-state index in [1.807, 2.05) is 13.0 Å². The lowest BCUT2D eigenvalue weighted by Crippen LogP contribution is -2.55. The zero-order chi connectivity index (χ0) is 15.7. The summed E-state index contributed by atoms with van der Waals surface area (Å²) in [6, 6.07) is 4.38. The van der Waals surface area contributed by atoms with Crippen molar-refractivity contribution in [2.75, 3.05) is 24.5 Å².